The van der Waals surface area contributed by atoms with Gasteiger partial charge in [0.1, 0.15) is 17.4 Å². The van der Waals surface area contributed by atoms with Crippen LogP contribution in [0.5, 0.6) is 11.8 Å². The van der Waals surface area contributed by atoms with Crippen LogP contribution >= 0.6 is 0 Å². The number of rotatable bonds is 3. The number of fused-ring (bicyclic) bond motifs is 1. The van der Waals surface area contributed by atoms with Crippen molar-refractivity contribution in [3.63, 3.8) is 0 Å². The summed E-state index contributed by atoms with van der Waals surface area (Å²) in [6.45, 7) is 0. The normalized spacial score (nSPS) is 11.1. The molecule has 0 bridgehead atoms. The van der Waals surface area contributed by atoms with Crippen LogP contribution in [-0.2, 0) is 0 Å². The van der Waals surface area contributed by atoms with Gasteiger partial charge in [-0.2, -0.15) is 19.5 Å². The van der Waals surface area contributed by atoms with Crippen molar-refractivity contribution in [3.05, 3.63) is 48.2 Å². The van der Waals surface area contributed by atoms with Crippen molar-refractivity contribution in [2.75, 3.05) is 5.73 Å². The number of nitrogens with two attached hydrogens (primary N) is 1. The molecule has 2 N–H and O–H groups in total. The van der Waals surface area contributed by atoms with Crippen LogP contribution in [-0.4, -0.2) is 24.6 Å². The Morgan fingerprint density at radius 3 is 2.58 bits per heavy atom. The summed E-state index contributed by atoms with van der Waals surface area (Å²) in [4.78, 5) is 12.0. The van der Waals surface area contributed by atoms with Crippen LogP contribution in [0.15, 0.2) is 41.0 Å². The van der Waals surface area contributed by atoms with E-state index >= 15 is 0 Å². The molecule has 24 heavy (non-hydrogen) atoms. The van der Waals surface area contributed by atoms with Crippen LogP contribution in [0.25, 0.3) is 17.4 Å². The second-order valence-corrected chi connectivity index (χ2v) is 4.70. The second-order valence-electron chi connectivity index (χ2n) is 4.70. The Labute approximate surface area is 132 Å². The van der Waals surface area contributed by atoms with Crippen LogP contribution in [0.3, 0.4) is 0 Å². The predicted octanol–water partition coefficient (Wildman–Crippen LogP) is 2.43. The molecule has 120 valence electrons. The Hall–Kier alpha value is -3.56. The molecule has 0 aliphatic heterocycles. The highest BCUT2D eigenvalue weighted by atomic mass is 19.1. The summed E-state index contributed by atoms with van der Waals surface area (Å²) >= 11 is 0. The molecule has 0 aliphatic carbocycles. The maximum absolute atomic E-state index is 13.2. The highest BCUT2D eigenvalue weighted by molar-refractivity contribution is 5.51. The molecule has 0 saturated heterocycles. The SMILES string of the molecule is Nc1nc(Oc2cc(F)cc(F)c2)nc2nc(-c3ccco3)nn12. The summed E-state index contributed by atoms with van der Waals surface area (Å²) in [6, 6.07) is 5.84. The molecule has 0 fully saturated rings. The Balaban J connectivity index is 1.74. The molecule has 0 spiro atoms. The van der Waals surface area contributed by atoms with E-state index in [0.29, 0.717) is 5.76 Å². The number of halogens is 2. The van der Waals surface area contributed by atoms with Crippen LogP contribution in [0, 0.1) is 11.6 Å². The number of benzene rings is 1. The summed E-state index contributed by atoms with van der Waals surface area (Å²) in [6.07, 6.45) is 1.48. The summed E-state index contributed by atoms with van der Waals surface area (Å²) < 4.78 is 38.0. The minimum atomic E-state index is -0.790. The van der Waals surface area contributed by atoms with E-state index in [1.54, 1.807) is 12.1 Å². The van der Waals surface area contributed by atoms with Crippen LogP contribution in [0.1, 0.15) is 0 Å². The molecule has 8 nitrogen and oxygen atoms in total. The van der Waals surface area contributed by atoms with Crippen LogP contribution in [0.2, 0.25) is 0 Å². The number of hydrogen-bond donors (Lipinski definition) is 1. The monoisotopic (exact) mass is 330 g/mol. The van der Waals surface area contributed by atoms with Crippen LogP contribution in [0.4, 0.5) is 14.7 Å². The average Bonchev–Trinajstić information content (AvgIpc) is 3.14. The fourth-order valence-corrected chi connectivity index (χ4v) is 2.03. The smallest absolute Gasteiger partial charge is 0.328 e. The van der Waals surface area contributed by atoms with Gasteiger partial charge in [0.25, 0.3) is 5.78 Å². The summed E-state index contributed by atoms with van der Waals surface area (Å²) in [5.74, 6) is -0.965. The molecule has 3 aromatic heterocycles. The maximum Gasteiger partial charge on any atom is 0.328 e. The van der Waals surface area contributed by atoms with Crippen molar-refractivity contribution in [1.82, 2.24) is 24.6 Å². The molecule has 4 aromatic rings. The van der Waals surface area contributed by atoms with Gasteiger partial charge in [-0.3, -0.25) is 0 Å². The summed E-state index contributed by atoms with van der Waals surface area (Å²) in [7, 11) is 0. The first-order valence-electron chi connectivity index (χ1n) is 6.66. The highest BCUT2D eigenvalue weighted by Gasteiger charge is 2.15. The van der Waals surface area contributed by atoms with E-state index in [1.165, 1.54) is 10.8 Å². The molecule has 0 amide bonds. The van der Waals surface area contributed by atoms with Gasteiger partial charge in [-0.25, -0.2) is 8.78 Å². The van der Waals surface area contributed by atoms with Gasteiger partial charge in [-0.1, -0.05) is 0 Å². The first kappa shape index (κ1) is 14.1. The van der Waals surface area contributed by atoms with E-state index in [1.807, 2.05) is 0 Å². The number of furan rings is 1. The number of anilines is 1. The van der Waals surface area contributed by atoms with Crippen molar-refractivity contribution in [1.29, 1.82) is 0 Å². The molecule has 0 saturated carbocycles. The van der Waals surface area contributed by atoms with E-state index in [4.69, 9.17) is 14.9 Å². The third kappa shape index (κ3) is 2.49. The third-order valence-corrected chi connectivity index (χ3v) is 3.00. The fourth-order valence-electron chi connectivity index (χ4n) is 2.03. The standard InChI is InChI=1S/C14H8F2N6O2/c15-7-4-8(16)6-9(5-7)24-14-19-12(17)22-13(20-14)18-11(21-22)10-2-1-3-23-10/h1-6H,(H2,17,18,19,20,21). The maximum atomic E-state index is 13.2. The van der Waals surface area contributed by atoms with Crippen molar-refractivity contribution >= 4 is 11.7 Å². The van der Waals surface area contributed by atoms with E-state index in [-0.39, 0.29) is 29.3 Å². The zero-order valence-electron chi connectivity index (χ0n) is 11.8. The van der Waals surface area contributed by atoms with E-state index in [2.05, 4.69) is 20.1 Å². The predicted molar refractivity (Wildman–Crippen MR) is 77.1 cm³/mol. The number of nitrogens with zero attached hydrogens (tertiary/aromatic N) is 5. The summed E-state index contributed by atoms with van der Waals surface area (Å²) in [5, 5.41) is 4.12. The minimum Gasteiger partial charge on any atom is -0.461 e. The lowest BCUT2D eigenvalue weighted by molar-refractivity contribution is 0.432. The van der Waals surface area contributed by atoms with Crippen molar-refractivity contribution in [3.8, 4) is 23.3 Å². The first-order valence-corrected chi connectivity index (χ1v) is 6.66. The number of nitrogen functional groups attached to an aromatic ring is 1. The molecule has 0 aliphatic rings. The zero-order valence-corrected chi connectivity index (χ0v) is 11.8. The Bertz CT molecular complexity index is 1010. The molecule has 10 heteroatoms. The van der Waals surface area contributed by atoms with Gasteiger partial charge in [0.15, 0.2) is 5.76 Å². The lowest BCUT2D eigenvalue weighted by atomic mass is 10.3. The average molecular weight is 330 g/mol. The van der Waals surface area contributed by atoms with Crippen molar-refractivity contribution in [2.24, 2.45) is 0 Å². The van der Waals surface area contributed by atoms with Gasteiger partial charge in [0.05, 0.1) is 6.26 Å². The third-order valence-electron chi connectivity index (χ3n) is 3.00. The Morgan fingerprint density at radius 1 is 1.08 bits per heavy atom. The molecular formula is C14H8F2N6O2. The largest absolute Gasteiger partial charge is 0.461 e. The topological polar surface area (TPSA) is 104 Å². The lowest BCUT2D eigenvalue weighted by Crippen LogP contribution is -2.05. The highest BCUT2D eigenvalue weighted by Crippen LogP contribution is 2.23. The van der Waals surface area contributed by atoms with Gasteiger partial charge < -0.3 is 14.9 Å². The van der Waals surface area contributed by atoms with E-state index < -0.39 is 11.6 Å². The quantitative estimate of drug-likeness (QED) is 0.615. The number of hydrogen-bond acceptors (Lipinski definition) is 7. The van der Waals surface area contributed by atoms with Gasteiger partial charge >= 0.3 is 6.01 Å². The van der Waals surface area contributed by atoms with E-state index in [0.717, 1.165) is 18.2 Å². The van der Waals surface area contributed by atoms with Crippen LogP contribution < -0.4 is 10.5 Å². The Kier molecular flexibility index (Phi) is 3.08. The first-order chi connectivity index (χ1) is 11.6. The zero-order chi connectivity index (χ0) is 16.7. The van der Waals surface area contributed by atoms with Gasteiger partial charge in [0.2, 0.25) is 11.8 Å². The lowest BCUT2D eigenvalue weighted by Gasteiger charge is -2.05. The van der Waals surface area contributed by atoms with Gasteiger partial charge in [0, 0.05) is 18.2 Å². The fraction of sp³-hybridized carbons (Fsp3) is 0. The Morgan fingerprint density at radius 2 is 1.88 bits per heavy atom. The number of aromatic nitrogens is 5. The van der Waals surface area contributed by atoms with Crippen molar-refractivity contribution < 1.29 is 17.9 Å². The minimum absolute atomic E-state index is 0.0582. The van der Waals surface area contributed by atoms with Gasteiger partial charge in [-0.15, -0.1) is 5.10 Å². The molecule has 3 heterocycles. The molecule has 1 aromatic carbocycles. The molecule has 0 atom stereocenters. The van der Waals surface area contributed by atoms with Crippen molar-refractivity contribution in [2.45, 2.75) is 0 Å². The van der Waals surface area contributed by atoms with E-state index in [9.17, 15) is 8.78 Å². The number of ether oxygens (including phenoxy) is 1. The molecule has 4 rings (SSSR count). The summed E-state index contributed by atoms with van der Waals surface area (Å²) in [5.41, 5.74) is 5.79. The van der Waals surface area contributed by atoms with Gasteiger partial charge in [-0.05, 0) is 12.1 Å². The molecule has 0 unspecified atom stereocenters. The molecular weight excluding hydrogens is 322 g/mol. The molecule has 0 radical (unpaired) electrons. The second kappa shape index (κ2) is 5.26.